The average Bonchev–Trinajstić information content (AvgIpc) is 3.32. The molecule has 1 heterocycles. The quantitative estimate of drug-likeness (QED) is 0.817. The molecule has 0 aromatic heterocycles. The number of halogens is 5. The second-order valence-corrected chi connectivity index (χ2v) is 6.71. The van der Waals surface area contributed by atoms with Crippen LogP contribution in [0.3, 0.4) is 0 Å². The lowest BCUT2D eigenvalue weighted by atomic mass is 9.93. The average molecular weight is 351 g/mol. The van der Waals surface area contributed by atoms with Crippen molar-refractivity contribution in [2.75, 3.05) is 26.2 Å². The highest BCUT2D eigenvalue weighted by molar-refractivity contribution is 6.30. The van der Waals surface area contributed by atoms with E-state index in [0.29, 0.717) is 38.5 Å². The van der Waals surface area contributed by atoms with Crippen LogP contribution in [-0.4, -0.2) is 31.1 Å². The van der Waals surface area contributed by atoms with Crippen molar-refractivity contribution < 1.29 is 17.6 Å². The van der Waals surface area contributed by atoms with Gasteiger partial charge in [-0.05, 0) is 24.5 Å². The summed E-state index contributed by atoms with van der Waals surface area (Å²) in [6.07, 6.45) is -2.02. The summed E-state index contributed by atoms with van der Waals surface area (Å²) in [6, 6.07) is 1.33. The van der Waals surface area contributed by atoms with Crippen LogP contribution in [0.25, 0.3) is 0 Å². The van der Waals surface area contributed by atoms with Gasteiger partial charge in [-0.25, -0.2) is 4.39 Å². The lowest BCUT2D eigenvalue weighted by Gasteiger charge is -2.36. The van der Waals surface area contributed by atoms with Gasteiger partial charge in [0.1, 0.15) is 5.82 Å². The summed E-state index contributed by atoms with van der Waals surface area (Å²) in [6.45, 7) is 2.62. The Hall–Kier alpha value is -0.850. The number of nitrogens with one attached hydrogen (secondary N) is 1. The zero-order valence-corrected chi connectivity index (χ0v) is 13.4. The second kappa shape index (κ2) is 6.57. The van der Waals surface area contributed by atoms with Gasteiger partial charge in [0.25, 0.3) is 0 Å². The number of hydrogen-bond acceptors (Lipinski definition) is 2. The first kappa shape index (κ1) is 17.0. The zero-order chi connectivity index (χ0) is 16.6. The van der Waals surface area contributed by atoms with E-state index in [-0.39, 0.29) is 10.6 Å². The molecule has 2 aliphatic rings. The normalized spacial score (nSPS) is 21.4. The number of piperazine rings is 1. The highest BCUT2D eigenvalue weighted by Gasteiger charge is 2.41. The fourth-order valence-corrected chi connectivity index (χ4v) is 3.42. The van der Waals surface area contributed by atoms with Crippen molar-refractivity contribution in [3.63, 3.8) is 0 Å². The van der Waals surface area contributed by atoms with Gasteiger partial charge >= 0.3 is 6.18 Å². The molecule has 0 unspecified atom stereocenters. The summed E-state index contributed by atoms with van der Waals surface area (Å²) in [4.78, 5) is 1.96. The number of benzene rings is 1. The number of hydrogen-bond donors (Lipinski definition) is 1. The molecule has 1 aliphatic heterocycles. The van der Waals surface area contributed by atoms with Crippen molar-refractivity contribution in [1.82, 2.24) is 10.2 Å². The summed E-state index contributed by atoms with van der Waals surface area (Å²) in [7, 11) is 0. The Labute approximate surface area is 137 Å². The van der Waals surface area contributed by atoms with Gasteiger partial charge in [0.05, 0.1) is 10.6 Å². The van der Waals surface area contributed by atoms with Crippen LogP contribution in [-0.2, 0) is 6.18 Å². The molecule has 128 valence electrons. The summed E-state index contributed by atoms with van der Waals surface area (Å²) in [5.74, 6) is -0.542. The lowest BCUT2D eigenvalue weighted by Crippen LogP contribution is -2.45. The maximum absolute atomic E-state index is 14.6. The molecule has 23 heavy (non-hydrogen) atoms. The molecule has 1 aliphatic carbocycles. The predicted octanol–water partition coefficient (Wildman–Crippen LogP) is 4.24. The van der Waals surface area contributed by atoms with Gasteiger partial charge in [0.15, 0.2) is 0 Å². The Morgan fingerprint density at radius 2 is 1.87 bits per heavy atom. The third-order valence-corrected chi connectivity index (χ3v) is 4.91. The molecule has 1 saturated heterocycles. The molecule has 0 spiro atoms. The summed E-state index contributed by atoms with van der Waals surface area (Å²) < 4.78 is 54.8. The van der Waals surface area contributed by atoms with Gasteiger partial charge in [-0.2, -0.15) is 13.2 Å². The van der Waals surface area contributed by atoms with Crippen molar-refractivity contribution in [2.45, 2.75) is 31.5 Å². The van der Waals surface area contributed by atoms with Crippen LogP contribution in [0, 0.1) is 11.7 Å². The van der Waals surface area contributed by atoms with E-state index < -0.39 is 23.6 Å². The fraction of sp³-hybridized carbons (Fsp3) is 0.625. The van der Waals surface area contributed by atoms with Gasteiger partial charge in [-0.15, -0.1) is 0 Å². The van der Waals surface area contributed by atoms with Gasteiger partial charge in [0, 0.05) is 37.8 Å². The van der Waals surface area contributed by atoms with Crippen LogP contribution in [0.1, 0.15) is 36.4 Å². The summed E-state index contributed by atoms with van der Waals surface area (Å²) in [5.41, 5.74) is -1.18. The molecule has 1 aromatic carbocycles. The first-order valence-corrected chi connectivity index (χ1v) is 8.25. The minimum atomic E-state index is -4.59. The van der Waals surface area contributed by atoms with Gasteiger partial charge in [-0.1, -0.05) is 24.4 Å². The Kier molecular flexibility index (Phi) is 4.85. The minimum Gasteiger partial charge on any atom is -0.314 e. The first-order chi connectivity index (χ1) is 10.9. The third-order valence-electron chi connectivity index (χ3n) is 4.62. The van der Waals surface area contributed by atoms with Crippen molar-refractivity contribution in [3.8, 4) is 0 Å². The number of nitrogens with zero attached hydrogens (tertiary/aromatic N) is 1. The van der Waals surface area contributed by atoms with E-state index in [1.165, 1.54) is 0 Å². The Morgan fingerprint density at radius 3 is 2.43 bits per heavy atom. The van der Waals surface area contributed by atoms with Crippen LogP contribution < -0.4 is 5.32 Å². The monoisotopic (exact) mass is 350 g/mol. The topological polar surface area (TPSA) is 15.3 Å². The SMILES string of the molecule is Fc1c(Cl)ccc(C(F)(F)F)c1[C@H](CC1CC1)N1CCNCC1. The van der Waals surface area contributed by atoms with Crippen LogP contribution in [0.5, 0.6) is 0 Å². The van der Waals surface area contributed by atoms with Crippen molar-refractivity contribution in [2.24, 2.45) is 5.92 Å². The van der Waals surface area contributed by atoms with Crippen LogP contribution >= 0.6 is 11.6 Å². The molecule has 7 heteroatoms. The van der Waals surface area contributed by atoms with E-state index in [9.17, 15) is 17.6 Å². The second-order valence-electron chi connectivity index (χ2n) is 6.30. The van der Waals surface area contributed by atoms with Crippen molar-refractivity contribution in [3.05, 3.63) is 34.1 Å². The molecular formula is C16H19ClF4N2. The van der Waals surface area contributed by atoms with Crippen LogP contribution in [0.2, 0.25) is 5.02 Å². The van der Waals surface area contributed by atoms with Crippen molar-refractivity contribution in [1.29, 1.82) is 0 Å². The summed E-state index contributed by atoms with van der Waals surface area (Å²) in [5, 5.41) is 2.93. The first-order valence-electron chi connectivity index (χ1n) is 7.88. The smallest absolute Gasteiger partial charge is 0.314 e. The van der Waals surface area contributed by atoms with E-state index >= 15 is 0 Å². The van der Waals surface area contributed by atoms with E-state index in [4.69, 9.17) is 11.6 Å². The molecular weight excluding hydrogens is 332 g/mol. The molecule has 0 bridgehead atoms. The Balaban J connectivity index is 2.04. The number of rotatable bonds is 4. The van der Waals surface area contributed by atoms with E-state index in [1.807, 2.05) is 4.90 Å². The lowest BCUT2D eigenvalue weighted by molar-refractivity contribution is -0.139. The Bertz CT molecular complexity index is 566. The third kappa shape index (κ3) is 3.80. The molecule has 1 atom stereocenters. The van der Waals surface area contributed by atoms with Gasteiger partial charge in [0.2, 0.25) is 0 Å². The van der Waals surface area contributed by atoms with E-state index in [2.05, 4.69) is 5.32 Å². The van der Waals surface area contributed by atoms with Gasteiger partial charge < -0.3 is 5.32 Å². The molecule has 3 rings (SSSR count). The largest absolute Gasteiger partial charge is 0.416 e. The fourth-order valence-electron chi connectivity index (χ4n) is 3.25. The highest BCUT2D eigenvalue weighted by Crippen LogP contribution is 2.45. The maximum Gasteiger partial charge on any atom is 0.416 e. The predicted molar refractivity (Wildman–Crippen MR) is 80.9 cm³/mol. The van der Waals surface area contributed by atoms with E-state index in [1.54, 1.807) is 0 Å². The van der Waals surface area contributed by atoms with E-state index in [0.717, 1.165) is 25.0 Å². The minimum absolute atomic E-state index is 0.246. The Morgan fingerprint density at radius 1 is 1.22 bits per heavy atom. The molecule has 2 fully saturated rings. The molecule has 1 saturated carbocycles. The standard InChI is InChI=1S/C16H19ClF4N2/c17-12-4-3-11(16(19,20)21)14(15(12)18)13(9-10-1-2-10)23-7-5-22-6-8-23/h3-4,10,13,22H,1-2,5-9H2/t13-/m0/s1. The number of alkyl halides is 3. The molecule has 2 nitrogen and oxygen atoms in total. The molecule has 1 aromatic rings. The maximum atomic E-state index is 14.6. The van der Waals surface area contributed by atoms with Crippen LogP contribution in [0.4, 0.5) is 17.6 Å². The summed E-state index contributed by atoms with van der Waals surface area (Å²) >= 11 is 5.80. The molecule has 0 radical (unpaired) electrons. The molecule has 0 amide bonds. The highest BCUT2D eigenvalue weighted by atomic mass is 35.5. The van der Waals surface area contributed by atoms with Crippen LogP contribution in [0.15, 0.2) is 12.1 Å². The molecule has 1 N–H and O–H groups in total. The van der Waals surface area contributed by atoms with Gasteiger partial charge in [-0.3, -0.25) is 4.90 Å². The zero-order valence-electron chi connectivity index (χ0n) is 12.6. The van der Waals surface area contributed by atoms with Crippen molar-refractivity contribution >= 4 is 11.6 Å².